The van der Waals surface area contributed by atoms with Crippen molar-refractivity contribution in [3.63, 3.8) is 0 Å². The molecule has 1 saturated heterocycles. The summed E-state index contributed by atoms with van der Waals surface area (Å²) in [6, 6.07) is -0.0336. The number of piperidine rings is 1. The molecular formula is C18H25N5O4. The zero-order valence-corrected chi connectivity index (χ0v) is 16.2. The van der Waals surface area contributed by atoms with Crippen molar-refractivity contribution in [1.29, 1.82) is 0 Å². The van der Waals surface area contributed by atoms with E-state index in [9.17, 15) is 9.59 Å². The van der Waals surface area contributed by atoms with Crippen molar-refractivity contribution in [2.24, 2.45) is 0 Å². The van der Waals surface area contributed by atoms with E-state index < -0.39 is 0 Å². The van der Waals surface area contributed by atoms with Crippen molar-refractivity contribution in [2.45, 2.75) is 53.0 Å². The molecule has 27 heavy (non-hydrogen) atoms. The maximum atomic E-state index is 12.9. The summed E-state index contributed by atoms with van der Waals surface area (Å²) >= 11 is 0. The Morgan fingerprint density at radius 3 is 2.59 bits per heavy atom. The van der Waals surface area contributed by atoms with Crippen LogP contribution in [0.5, 0.6) is 0 Å². The summed E-state index contributed by atoms with van der Waals surface area (Å²) in [5.41, 5.74) is 1.11. The Bertz CT molecular complexity index is 808. The van der Waals surface area contributed by atoms with Gasteiger partial charge in [-0.1, -0.05) is 10.3 Å². The number of amides is 2. The second kappa shape index (κ2) is 7.89. The number of aromatic nitrogens is 3. The number of hydrogen-bond donors (Lipinski definition) is 0. The van der Waals surface area contributed by atoms with E-state index in [2.05, 4.69) is 15.3 Å². The summed E-state index contributed by atoms with van der Waals surface area (Å²) in [6.45, 7) is 8.44. The average molecular weight is 375 g/mol. The quantitative estimate of drug-likeness (QED) is 0.783. The molecule has 1 unspecified atom stereocenters. The summed E-state index contributed by atoms with van der Waals surface area (Å²) in [6.07, 6.45) is 2.21. The molecule has 146 valence electrons. The highest BCUT2D eigenvalue weighted by atomic mass is 16.5. The van der Waals surface area contributed by atoms with Crippen LogP contribution in [0.25, 0.3) is 0 Å². The predicted molar refractivity (Wildman–Crippen MR) is 95.0 cm³/mol. The number of aryl methyl sites for hydroxylation is 3. The van der Waals surface area contributed by atoms with Crippen LogP contribution in [-0.2, 0) is 11.2 Å². The minimum absolute atomic E-state index is 0.0214. The van der Waals surface area contributed by atoms with Crippen LogP contribution in [0, 0.1) is 20.8 Å². The monoisotopic (exact) mass is 375 g/mol. The normalized spacial score (nSPS) is 17.2. The molecule has 2 aromatic rings. The maximum absolute atomic E-state index is 12.9. The van der Waals surface area contributed by atoms with Crippen LogP contribution >= 0.6 is 0 Å². The Morgan fingerprint density at radius 2 is 2.00 bits per heavy atom. The lowest BCUT2D eigenvalue weighted by Crippen LogP contribution is -2.51. The Labute approximate surface area is 157 Å². The van der Waals surface area contributed by atoms with Crippen molar-refractivity contribution in [1.82, 2.24) is 25.1 Å². The van der Waals surface area contributed by atoms with Gasteiger partial charge in [0.2, 0.25) is 11.8 Å². The smallest absolute Gasteiger partial charge is 0.259 e. The number of likely N-dealkylation sites (tertiary alicyclic amines) is 1. The van der Waals surface area contributed by atoms with Gasteiger partial charge in [-0.3, -0.25) is 9.59 Å². The molecule has 0 bridgehead atoms. The summed E-state index contributed by atoms with van der Waals surface area (Å²) in [4.78, 5) is 32.9. The van der Waals surface area contributed by atoms with Gasteiger partial charge in [-0.2, -0.15) is 4.98 Å². The molecular weight excluding hydrogens is 350 g/mol. The first kappa shape index (κ1) is 19.1. The summed E-state index contributed by atoms with van der Waals surface area (Å²) < 4.78 is 10.1. The molecule has 0 aliphatic carbocycles. The van der Waals surface area contributed by atoms with Crippen LogP contribution in [-0.4, -0.2) is 62.6 Å². The number of carbonyl (C=O) groups is 2. The number of nitrogens with zero attached hydrogens (tertiary/aromatic N) is 5. The number of carbonyl (C=O) groups excluding carboxylic acids is 2. The highest BCUT2D eigenvalue weighted by molar-refractivity contribution is 5.96. The Hall–Kier alpha value is -2.71. The molecule has 0 N–H and O–H groups in total. The third-order valence-corrected chi connectivity index (χ3v) is 4.92. The van der Waals surface area contributed by atoms with Gasteiger partial charge < -0.3 is 18.8 Å². The number of hydrogen-bond acceptors (Lipinski definition) is 7. The molecule has 1 aliphatic heterocycles. The van der Waals surface area contributed by atoms with E-state index >= 15 is 0 Å². The van der Waals surface area contributed by atoms with Gasteiger partial charge in [0.25, 0.3) is 5.91 Å². The molecule has 0 spiro atoms. The van der Waals surface area contributed by atoms with Crippen molar-refractivity contribution in [3.8, 4) is 0 Å². The zero-order valence-electron chi connectivity index (χ0n) is 16.2. The predicted octanol–water partition coefficient (Wildman–Crippen LogP) is 1.68. The lowest BCUT2D eigenvalue weighted by molar-refractivity contribution is -0.132. The topological polar surface area (TPSA) is 106 Å². The highest BCUT2D eigenvalue weighted by Gasteiger charge is 2.32. The van der Waals surface area contributed by atoms with Crippen LogP contribution in [0.2, 0.25) is 0 Å². The molecule has 1 atom stereocenters. The molecule has 0 aromatic carbocycles. The molecule has 0 radical (unpaired) electrons. The molecule has 2 amide bonds. The van der Waals surface area contributed by atoms with Gasteiger partial charge in [0.15, 0.2) is 5.82 Å². The van der Waals surface area contributed by atoms with Crippen molar-refractivity contribution >= 4 is 11.8 Å². The third kappa shape index (κ3) is 4.17. The van der Waals surface area contributed by atoms with Gasteiger partial charge in [-0.25, -0.2) is 0 Å². The van der Waals surface area contributed by atoms with Gasteiger partial charge in [-0.05, 0) is 26.7 Å². The van der Waals surface area contributed by atoms with E-state index in [1.807, 2.05) is 0 Å². The van der Waals surface area contributed by atoms with Gasteiger partial charge >= 0.3 is 0 Å². The molecule has 1 aliphatic rings. The molecule has 3 heterocycles. The number of rotatable bonds is 5. The minimum Gasteiger partial charge on any atom is -0.361 e. The van der Waals surface area contributed by atoms with E-state index in [0.29, 0.717) is 54.8 Å². The first-order chi connectivity index (χ1) is 12.9. The lowest BCUT2D eigenvalue weighted by Gasteiger charge is -2.39. The van der Waals surface area contributed by atoms with E-state index in [1.54, 1.807) is 37.5 Å². The molecule has 2 aromatic heterocycles. The average Bonchev–Trinajstić information content (AvgIpc) is 3.19. The van der Waals surface area contributed by atoms with E-state index in [0.717, 1.165) is 12.8 Å². The van der Waals surface area contributed by atoms with Crippen molar-refractivity contribution in [2.75, 3.05) is 19.6 Å². The maximum Gasteiger partial charge on any atom is 0.259 e. The Balaban J connectivity index is 1.69. The Kier molecular flexibility index (Phi) is 5.57. The van der Waals surface area contributed by atoms with Crippen molar-refractivity contribution < 1.29 is 18.6 Å². The van der Waals surface area contributed by atoms with Gasteiger partial charge in [0.05, 0.1) is 5.69 Å². The summed E-state index contributed by atoms with van der Waals surface area (Å²) in [5, 5.41) is 7.75. The fourth-order valence-corrected chi connectivity index (χ4v) is 3.60. The van der Waals surface area contributed by atoms with Crippen LogP contribution < -0.4 is 0 Å². The zero-order chi connectivity index (χ0) is 19.6. The first-order valence-electron chi connectivity index (χ1n) is 9.15. The molecule has 0 saturated carbocycles. The summed E-state index contributed by atoms with van der Waals surface area (Å²) in [7, 11) is 0. The van der Waals surface area contributed by atoms with Crippen LogP contribution in [0.4, 0.5) is 0 Å². The van der Waals surface area contributed by atoms with Crippen LogP contribution in [0.3, 0.4) is 0 Å². The SMILES string of the molecule is CC(=O)N(CCc1noc(C)n1)C1CCCN(C(=O)c2c(C)noc2C)C1. The first-order valence-corrected chi connectivity index (χ1v) is 9.15. The van der Waals surface area contributed by atoms with Crippen LogP contribution in [0.1, 0.15) is 53.3 Å². The fraction of sp³-hybridized carbons (Fsp3) is 0.611. The van der Waals surface area contributed by atoms with Gasteiger partial charge in [-0.15, -0.1) is 0 Å². The highest BCUT2D eigenvalue weighted by Crippen LogP contribution is 2.21. The molecule has 9 nitrogen and oxygen atoms in total. The Morgan fingerprint density at radius 1 is 1.22 bits per heavy atom. The molecule has 9 heteroatoms. The largest absolute Gasteiger partial charge is 0.361 e. The minimum atomic E-state index is -0.0896. The van der Waals surface area contributed by atoms with E-state index in [1.165, 1.54) is 0 Å². The summed E-state index contributed by atoms with van der Waals surface area (Å²) in [5.74, 6) is 1.50. The van der Waals surface area contributed by atoms with E-state index in [-0.39, 0.29) is 17.9 Å². The molecule has 3 rings (SSSR count). The lowest BCUT2D eigenvalue weighted by atomic mass is 10.0. The third-order valence-electron chi connectivity index (χ3n) is 4.92. The van der Waals surface area contributed by atoms with Crippen LogP contribution in [0.15, 0.2) is 9.05 Å². The second-order valence-corrected chi connectivity index (χ2v) is 6.94. The van der Waals surface area contributed by atoms with Gasteiger partial charge in [0, 0.05) is 45.9 Å². The standard InChI is InChI=1S/C18H25N5O4/c1-11-17(12(2)26-20-11)18(25)22-8-5-6-15(10-22)23(14(4)24)9-7-16-19-13(3)27-21-16/h15H,5-10H2,1-4H3. The second-order valence-electron chi connectivity index (χ2n) is 6.94. The van der Waals surface area contributed by atoms with Gasteiger partial charge in [0.1, 0.15) is 11.3 Å². The molecule has 1 fully saturated rings. The van der Waals surface area contributed by atoms with E-state index in [4.69, 9.17) is 9.05 Å². The van der Waals surface area contributed by atoms with Crippen molar-refractivity contribution in [3.05, 3.63) is 28.7 Å². The fourth-order valence-electron chi connectivity index (χ4n) is 3.60.